The molecule has 1 aromatic heterocycles. The molecule has 0 amide bonds. The Balaban J connectivity index is 1.37. The second-order valence-electron chi connectivity index (χ2n) is 11.3. The summed E-state index contributed by atoms with van der Waals surface area (Å²) in [6, 6.07) is 26.6. The first-order valence-electron chi connectivity index (χ1n) is 14.8. The van der Waals surface area contributed by atoms with Crippen LogP contribution in [0.3, 0.4) is 0 Å². The first-order valence-corrected chi connectivity index (χ1v) is 14.8. The molecule has 2 bridgehead atoms. The fourth-order valence-electron chi connectivity index (χ4n) is 5.73. The summed E-state index contributed by atoms with van der Waals surface area (Å²) in [6.07, 6.45) is 2.91. The summed E-state index contributed by atoms with van der Waals surface area (Å²) in [6.45, 7) is 6.74. The van der Waals surface area contributed by atoms with E-state index in [-0.39, 0.29) is 17.5 Å². The highest BCUT2D eigenvalue weighted by molar-refractivity contribution is 5.19. The summed E-state index contributed by atoms with van der Waals surface area (Å²) in [7, 11) is 0. The van der Waals surface area contributed by atoms with Gasteiger partial charge in [-0.15, -0.1) is 0 Å². The van der Waals surface area contributed by atoms with Crippen molar-refractivity contribution in [2.75, 3.05) is 26.2 Å². The molecule has 0 N–H and O–H groups in total. The Bertz CT molecular complexity index is 1430. The summed E-state index contributed by atoms with van der Waals surface area (Å²) >= 11 is 0. The van der Waals surface area contributed by atoms with Crippen LogP contribution in [-0.4, -0.2) is 45.9 Å². The van der Waals surface area contributed by atoms with Gasteiger partial charge in [0.25, 0.3) is 0 Å². The van der Waals surface area contributed by atoms with Crippen LogP contribution in [0.15, 0.2) is 91.0 Å². The molecule has 220 valence electrons. The molecule has 1 aliphatic heterocycles. The van der Waals surface area contributed by atoms with Crippen molar-refractivity contribution >= 4 is 0 Å². The molecule has 1 aliphatic rings. The monoisotopic (exact) mass is 572 g/mol. The molecule has 0 fully saturated rings. The molecule has 5 rings (SSSR count). The molecular weight excluding hydrogens is 533 g/mol. The van der Waals surface area contributed by atoms with Crippen LogP contribution in [0.25, 0.3) is 0 Å². The molecule has 0 atom stereocenters. The van der Waals surface area contributed by atoms with Crippen molar-refractivity contribution in [3.8, 4) is 0 Å². The molecule has 0 radical (unpaired) electrons. The Morgan fingerprint density at radius 1 is 0.476 bits per heavy atom. The van der Waals surface area contributed by atoms with Gasteiger partial charge in [0.05, 0.1) is 11.4 Å². The van der Waals surface area contributed by atoms with Gasteiger partial charge in [0.1, 0.15) is 17.5 Å². The SMILES string of the molecule is Fc1cccc(CN2CCCCN(Cc3cccc(F)c3)Cc3cccc(n3)CN(Cc3cccc(F)c3)CCC2)c1. The first kappa shape index (κ1) is 30.0. The lowest BCUT2D eigenvalue weighted by Gasteiger charge is -2.26. The highest BCUT2D eigenvalue weighted by atomic mass is 19.1. The lowest BCUT2D eigenvalue weighted by atomic mass is 10.1. The van der Waals surface area contributed by atoms with E-state index in [4.69, 9.17) is 4.98 Å². The van der Waals surface area contributed by atoms with E-state index in [0.29, 0.717) is 32.7 Å². The van der Waals surface area contributed by atoms with Gasteiger partial charge in [-0.1, -0.05) is 42.5 Å². The molecule has 3 aromatic carbocycles. The van der Waals surface area contributed by atoms with E-state index >= 15 is 0 Å². The van der Waals surface area contributed by atoms with Gasteiger partial charge in [0.15, 0.2) is 0 Å². The first-order chi connectivity index (χ1) is 20.5. The Morgan fingerprint density at radius 3 is 1.33 bits per heavy atom. The van der Waals surface area contributed by atoms with Crippen molar-refractivity contribution in [2.45, 2.75) is 52.0 Å². The maximum absolute atomic E-state index is 14.0. The highest BCUT2D eigenvalue weighted by Gasteiger charge is 2.15. The molecule has 0 saturated carbocycles. The van der Waals surface area contributed by atoms with E-state index in [1.54, 1.807) is 36.4 Å². The minimum absolute atomic E-state index is 0.214. The summed E-state index contributed by atoms with van der Waals surface area (Å²) < 4.78 is 41.9. The van der Waals surface area contributed by atoms with Crippen LogP contribution in [0.2, 0.25) is 0 Å². The van der Waals surface area contributed by atoms with Crippen LogP contribution in [0.4, 0.5) is 13.2 Å². The number of nitrogens with zero attached hydrogens (tertiary/aromatic N) is 4. The zero-order valence-corrected chi connectivity index (χ0v) is 24.1. The summed E-state index contributed by atoms with van der Waals surface area (Å²) in [4.78, 5) is 12.1. The van der Waals surface area contributed by atoms with Gasteiger partial charge in [-0.3, -0.25) is 19.7 Å². The largest absolute Gasteiger partial charge is 0.299 e. The summed E-state index contributed by atoms with van der Waals surface area (Å²) in [5.41, 5.74) is 4.80. The number of aromatic nitrogens is 1. The number of hydrogen-bond acceptors (Lipinski definition) is 4. The fraction of sp³-hybridized carbons (Fsp3) is 0.343. The van der Waals surface area contributed by atoms with Crippen molar-refractivity contribution in [3.05, 3.63) is 137 Å². The molecule has 4 aromatic rings. The van der Waals surface area contributed by atoms with Crippen LogP contribution in [0.5, 0.6) is 0 Å². The van der Waals surface area contributed by atoms with Gasteiger partial charge in [-0.2, -0.15) is 0 Å². The maximum atomic E-state index is 14.0. The van der Waals surface area contributed by atoms with Crippen LogP contribution < -0.4 is 0 Å². The second-order valence-corrected chi connectivity index (χ2v) is 11.3. The Morgan fingerprint density at radius 2 is 0.857 bits per heavy atom. The number of fused-ring (bicyclic) bond motifs is 2. The number of halogens is 3. The third-order valence-electron chi connectivity index (χ3n) is 7.67. The predicted octanol–water partition coefficient (Wildman–Crippen LogP) is 7.19. The third kappa shape index (κ3) is 9.51. The van der Waals surface area contributed by atoms with E-state index in [9.17, 15) is 13.2 Å². The molecule has 2 heterocycles. The normalized spacial score (nSPS) is 16.5. The standard InChI is InChI=1S/C35H39F3N4/c36-31-11-3-8-28(20-31)23-40-16-1-2-17-41(24-29-9-4-12-32(37)21-29)26-34-14-6-15-35(39-34)27-42(19-7-18-40)25-30-10-5-13-33(38)22-30/h3-6,8-15,20-22H,1-2,7,16-19,23-27H2. The molecule has 4 nitrogen and oxygen atoms in total. The van der Waals surface area contributed by atoms with Gasteiger partial charge >= 0.3 is 0 Å². The molecule has 0 aliphatic carbocycles. The number of hydrogen-bond donors (Lipinski definition) is 0. The van der Waals surface area contributed by atoms with Crippen molar-refractivity contribution in [1.29, 1.82) is 0 Å². The zero-order chi connectivity index (χ0) is 29.1. The van der Waals surface area contributed by atoms with E-state index < -0.39 is 0 Å². The third-order valence-corrected chi connectivity index (χ3v) is 7.67. The molecule has 7 heteroatoms. The summed E-state index contributed by atoms with van der Waals surface area (Å²) in [5.74, 6) is -0.669. The fourth-order valence-corrected chi connectivity index (χ4v) is 5.73. The smallest absolute Gasteiger partial charge is 0.123 e. The minimum Gasteiger partial charge on any atom is -0.299 e. The van der Waals surface area contributed by atoms with E-state index in [1.807, 2.05) is 24.3 Å². The average Bonchev–Trinajstić information content (AvgIpc) is 2.95. The quantitative estimate of drug-likeness (QED) is 0.244. The Kier molecular flexibility index (Phi) is 10.8. The highest BCUT2D eigenvalue weighted by Crippen LogP contribution is 2.17. The van der Waals surface area contributed by atoms with Crippen molar-refractivity contribution < 1.29 is 13.2 Å². The maximum Gasteiger partial charge on any atom is 0.123 e. The molecule has 0 unspecified atom stereocenters. The van der Waals surface area contributed by atoms with E-state index in [2.05, 4.69) is 26.8 Å². The van der Waals surface area contributed by atoms with Gasteiger partial charge in [0, 0.05) is 39.3 Å². The van der Waals surface area contributed by atoms with E-state index in [1.165, 1.54) is 18.2 Å². The van der Waals surface area contributed by atoms with Gasteiger partial charge < -0.3 is 0 Å². The van der Waals surface area contributed by atoms with Gasteiger partial charge in [-0.05, 0) is 104 Å². The van der Waals surface area contributed by atoms with Gasteiger partial charge in [0.2, 0.25) is 0 Å². The van der Waals surface area contributed by atoms with Gasteiger partial charge in [-0.25, -0.2) is 13.2 Å². The average molecular weight is 573 g/mol. The van der Waals surface area contributed by atoms with Crippen molar-refractivity contribution in [2.24, 2.45) is 0 Å². The lowest BCUT2D eigenvalue weighted by Crippen LogP contribution is -2.31. The topological polar surface area (TPSA) is 22.6 Å². The van der Waals surface area contributed by atoms with Crippen LogP contribution in [0, 0.1) is 17.5 Å². The second kappa shape index (κ2) is 15.1. The molecule has 0 spiro atoms. The van der Waals surface area contributed by atoms with Crippen LogP contribution >= 0.6 is 0 Å². The Hall–Kier alpha value is -3.52. The van der Waals surface area contributed by atoms with Crippen LogP contribution in [-0.2, 0) is 32.7 Å². The van der Waals surface area contributed by atoms with Crippen LogP contribution in [0.1, 0.15) is 47.3 Å². The zero-order valence-electron chi connectivity index (χ0n) is 24.1. The lowest BCUT2D eigenvalue weighted by molar-refractivity contribution is 0.204. The molecule has 42 heavy (non-hydrogen) atoms. The number of rotatable bonds is 6. The number of pyridine rings is 1. The number of benzene rings is 3. The van der Waals surface area contributed by atoms with Crippen molar-refractivity contribution in [3.63, 3.8) is 0 Å². The molecular formula is C35H39F3N4. The molecule has 0 saturated heterocycles. The minimum atomic E-state index is -0.231. The predicted molar refractivity (Wildman–Crippen MR) is 161 cm³/mol. The van der Waals surface area contributed by atoms with Crippen molar-refractivity contribution in [1.82, 2.24) is 19.7 Å². The van der Waals surface area contributed by atoms with E-state index in [0.717, 1.165) is 73.5 Å². The Labute approximate surface area is 247 Å². The summed E-state index contributed by atoms with van der Waals surface area (Å²) in [5, 5.41) is 0.